The molecule has 0 fully saturated rings. The second-order valence-corrected chi connectivity index (χ2v) is 5.57. The molecule has 0 radical (unpaired) electrons. The topological polar surface area (TPSA) is 17.3 Å². The largest absolute Gasteiger partial charge is 0.419 e. The molecule has 0 saturated carbocycles. The fraction of sp³-hybridized carbons (Fsp3) is 0.167. The van der Waals surface area contributed by atoms with Crippen LogP contribution in [-0.2, 0) is 6.18 Å². The molecular formula is C18H14F4N2. The molecule has 0 aliphatic heterocycles. The number of alkyl halides is 3. The summed E-state index contributed by atoms with van der Waals surface area (Å²) in [6.07, 6.45) is -2.95. The minimum absolute atomic E-state index is 0.0511. The Kier molecular flexibility index (Phi) is 3.91. The summed E-state index contributed by atoms with van der Waals surface area (Å²) in [4.78, 5) is 4.20. The van der Waals surface area contributed by atoms with E-state index in [2.05, 4.69) is 4.99 Å². The maximum absolute atomic E-state index is 13.3. The van der Waals surface area contributed by atoms with Gasteiger partial charge in [0.05, 0.1) is 16.8 Å². The predicted octanol–water partition coefficient (Wildman–Crippen LogP) is 5.71. The van der Waals surface area contributed by atoms with Crippen molar-refractivity contribution in [3.63, 3.8) is 0 Å². The van der Waals surface area contributed by atoms with Crippen molar-refractivity contribution in [2.75, 3.05) is 0 Å². The maximum Gasteiger partial charge on any atom is 0.419 e. The molecule has 124 valence electrons. The first-order chi connectivity index (χ1) is 11.3. The summed E-state index contributed by atoms with van der Waals surface area (Å²) in [6, 6.07) is 10.5. The minimum atomic E-state index is -4.75. The van der Waals surface area contributed by atoms with Crippen LogP contribution in [0.3, 0.4) is 0 Å². The molecule has 24 heavy (non-hydrogen) atoms. The number of aromatic nitrogens is 1. The Morgan fingerprint density at radius 3 is 2.50 bits per heavy atom. The van der Waals surface area contributed by atoms with Gasteiger partial charge < -0.3 is 4.57 Å². The van der Waals surface area contributed by atoms with E-state index < -0.39 is 17.6 Å². The molecular weight excluding hydrogens is 320 g/mol. The Morgan fingerprint density at radius 1 is 1.04 bits per heavy atom. The average Bonchev–Trinajstić information content (AvgIpc) is 2.91. The summed E-state index contributed by atoms with van der Waals surface area (Å²) in [5.41, 5.74) is 0.753. The molecule has 0 bridgehead atoms. The van der Waals surface area contributed by atoms with Crippen molar-refractivity contribution in [3.8, 4) is 0 Å². The number of hydrogen-bond donors (Lipinski definition) is 0. The molecule has 0 aliphatic rings. The van der Waals surface area contributed by atoms with E-state index in [0.29, 0.717) is 11.9 Å². The predicted molar refractivity (Wildman–Crippen MR) is 86.2 cm³/mol. The van der Waals surface area contributed by atoms with Gasteiger partial charge in [0, 0.05) is 11.6 Å². The van der Waals surface area contributed by atoms with E-state index in [-0.39, 0.29) is 5.69 Å². The summed E-state index contributed by atoms with van der Waals surface area (Å²) in [6.45, 7) is 3.67. The number of benzene rings is 2. The molecule has 0 spiro atoms. The van der Waals surface area contributed by atoms with Gasteiger partial charge in [-0.05, 0) is 50.2 Å². The second kappa shape index (κ2) is 5.78. The van der Waals surface area contributed by atoms with Gasteiger partial charge in [-0.2, -0.15) is 13.2 Å². The minimum Gasteiger partial charge on any atom is -0.305 e. The van der Waals surface area contributed by atoms with Crippen LogP contribution in [0.15, 0.2) is 53.7 Å². The van der Waals surface area contributed by atoms with E-state index in [9.17, 15) is 17.6 Å². The Labute approximate surface area is 136 Å². The molecule has 3 aromatic rings. The summed E-state index contributed by atoms with van der Waals surface area (Å²) >= 11 is 0. The van der Waals surface area contributed by atoms with Gasteiger partial charge in [-0.3, -0.25) is 0 Å². The first-order valence-corrected chi connectivity index (χ1v) is 7.26. The lowest BCUT2D eigenvalue weighted by atomic mass is 10.2. The molecule has 2 aromatic carbocycles. The molecule has 0 N–H and O–H groups in total. The monoisotopic (exact) mass is 334 g/mol. The summed E-state index contributed by atoms with van der Waals surface area (Å²) in [5, 5.41) is 1.01. The molecule has 3 rings (SSSR count). The van der Waals surface area contributed by atoms with E-state index in [0.717, 1.165) is 22.5 Å². The van der Waals surface area contributed by atoms with E-state index in [1.54, 1.807) is 17.7 Å². The van der Waals surface area contributed by atoms with Crippen LogP contribution in [0.4, 0.5) is 23.2 Å². The highest BCUT2D eigenvalue weighted by Gasteiger charge is 2.34. The van der Waals surface area contributed by atoms with Crippen LogP contribution in [0.5, 0.6) is 0 Å². The van der Waals surface area contributed by atoms with Crippen molar-refractivity contribution in [1.82, 2.24) is 4.57 Å². The molecule has 1 heterocycles. The fourth-order valence-electron chi connectivity index (χ4n) is 2.58. The number of hydrogen-bond acceptors (Lipinski definition) is 1. The first-order valence-electron chi connectivity index (χ1n) is 7.26. The third kappa shape index (κ3) is 3.04. The molecule has 0 aliphatic carbocycles. The van der Waals surface area contributed by atoms with Crippen molar-refractivity contribution in [1.29, 1.82) is 0 Å². The number of halogens is 4. The van der Waals surface area contributed by atoms with E-state index in [1.807, 2.05) is 31.2 Å². The zero-order valence-corrected chi connectivity index (χ0v) is 13.0. The molecule has 0 unspecified atom stereocenters. The summed E-state index contributed by atoms with van der Waals surface area (Å²) in [5.74, 6) is -0.811. The number of fused-ring (bicyclic) bond motifs is 1. The van der Waals surface area contributed by atoms with Crippen LogP contribution in [0.1, 0.15) is 18.1 Å². The van der Waals surface area contributed by atoms with Crippen molar-refractivity contribution in [3.05, 3.63) is 65.6 Å². The van der Waals surface area contributed by atoms with Gasteiger partial charge in [0.2, 0.25) is 0 Å². The van der Waals surface area contributed by atoms with Gasteiger partial charge in [0.25, 0.3) is 0 Å². The van der Waals surface area contributed by atoms with Crippen molar-refractivity contribution >= 4 is 22.4 Å². The maximum atomic E-state index is 13.3. The average molecular weight is 334 g/mol. The third-order valence-electron chi connectivity index (χ3n) is 3.74. The van der Waals surface area contributed by atoms with E-state index in [4.69, 9.17) is 0 Å². The highest BCUT2D eigenvalue weighted by atomic mass is 19.4. The highest BCUT2D eigenvalue weighted by molar-refractivity contribution is 5.95. The second-order valence-electron chi connectivity index (χ2n) is 5.57. The zero-order valence-electron chi connectivity index (χ0n) is 13.0. The van der Waals surface area contributed by atoms with Gasteiger partial charge in [-0.15, -0.1) is 0 Å². The van der Waals surface area contributed by atoms with E-state index >= 15 is 0 Å². The molecule has 1 aromatic heterocycles. The fourth-order valence-corrected chi connectivity index (χ4v) is 2.58. The first kappa shape index (κ1) is 16.2. The smallest absolute Gasteiger partial charge is 0.305 e. The molecule has 0 atom stereocenters. The van der Waals surface area contributed by atoms with Gasteiger partial charge in [0.15, 0.2) is 0 Å². The molecule has 6 heteroatoms. The number of nitrogens with zero attached hydrogens (tertiary/aromatic N) is 2. The van der Waals surface area contributed by atoms with Crippen molar-refractivity contribution in [2.24, 2.45) is 4.99 Å². The Hall–Kier alpha value is -2.63. The van der Waals surface area contributed by atoms with Gasteiger partial charge in [0.1, 0.15) is 11.7 Å². The third-order valence-corrected chi connectivity index (χ3v) is 3.74. The van der Waals surface area contributed by atoms with Crippen LogP contribution in [0.25, 0.3) is 10.9 Å². The molecule has 2 nitrogen and oxygen atoms in total. The lowest BCUT2D eigenvalue weighted by molar-refractivity contribution is -0.139. The van der Waals surface area contributed by atoms with Crippen molar-refractivity contribution in [2.45, 2.75) is 20.0 Å². The van der Waals surface area contributed by atoms with Crippen LogP contribution < -0.4 is 0 Å². The number of aryl methyl sites for hydroxylation is 1. The summed E-state index contributed by atoms with van der Waals surface area (Å²) in [7, 11) is 0. The standard InChI is InChI=1S/C18H14F4N2/c1-11-3-6-17-13(9-11)7-8-24(17)12(2)23-14-4-5-16(19)15(10-14)18(20,21)22/h3-10H,1-2H3. The Balaban J connectivity index is 2.04. The van der Waals surface area contributed by atoms with Gasteiger partial charge >= 0.3 is 6.18 Å². The normalized spacial score (nSPS) is 12.8. The van der Waals surface area contributed by atoms with E-state index in [1.165, 1.54) is 6.07 Å². The van der Waals surface area contributed by atoms with Crippen LogP contribution in [-0.4, -0.2) is 10.4 Å². The highest BCUT2D eigenvalue weighted by Crippen LogP contribution is 2.33. The summed E-state index contributed by atoms with van der Waals surface area (Å²) < 4.78 is 53.5. The van der Waals surface area contributed by atoms with Crippen LogP contribution >= 0.6 is 0 Å². The van der Waals surface area contributed by atoms with Gasteiger partial charge in [-0.1, -0.05) is 11.6 Å². The van der Waals surface area contributed by atoms with Crippen LogP contribution in [0, 0.1) is 12.7 Å². The Bertz CT molecular complexity index is 936. The zero-order chi connectivity index (χ0) is 17.5. The van der Waals surface area contributed by atoms with Crippen LogP contribution in [0.2, 0.25) is 0 Å². The molecule has 0 saturated heterocycles. The Morgan fingerprint density at radius 2 is 1.79 bits per heavy atom. The number of rotatable bonds is 1. The lowest BCUT2D eigenvalue weighted by Crippen LogP contribution is -2.08. The van der Waals surface area contributed by atoms with Crippen molar-refractivity contribution < 1.29 is 17.6 Å². The lowest BCUT2D eigenvalue weighted by Gasteiger charge is -2.09. The quantitative estimate of drug-likeness (QED) is 0.308. The molecule has 0 amide bonds. The number of aliphatic imine (C=N–C) groups is 1. The van der Waals surface area contributed by atoms with Gasteiger partial charge in [-0.25, -0.2) is 9.38 Å². The SMILES string of the molecule is CC(=Nc1ccc(F)c(C(F)(F)F)c1)n1ccc2cc(C)ccc21.